The molecule has 3 heteroatoms. The summed E-state index contributed by atoms with van der Waals surface area (Å²) in [5.74, 6) is -0.207. The van der Waals surface area contributed by atoms with Crippen LogP contribution >= 0.6 is 0 Å². The van der Waals surface area contributed by atoms with Crippen LogP contribution in [0.5, 0.6) is 0 Å². The molecule has 0 spiro atoms. The second-order valence-corrected chi connectivity index (χ2v) is 4.50. The van der Waals surface area contributed by atoms with Crippen molar-refractivity contribution in [3.8, 4) is 0 Å². The lowest BCUT2D eigenvalue weighted by Crippen LogP contribution is -2.44. The molecule has 0 amide bonds. The number of hydrogen-bond donors (Lipinski definition) is 1. The van der Waals surface area contributed by atoms with Crippen LogP contribution in [0.4, 0.5) is 4.39 Å². The Kier molecular flexibility index (Phi) is 3.91. The Morgan fingerprint density at radius 2 is 2.31 bits per heavy atom. The van der Waals surface area contributed by atoms with Crippen molar-refractivity contribution < 1.29 is 4.39 Å². The fraction of sp³-hybridized carbons (Fsp3) is 0.538. The largest absolute Gasteiger partial charge is 0.312 e. The van der Waals surface area contributed by atoms with Crippen molar-refractivity contribution in [2.24, 2.45) is 0 Å². The van der Waals surface area contributed by atoms with Gasteiger partial charge in [-0.1, -0.05) is 18.6 Å². The maximum atomic E-state index is 13.0. The number of piperidine rings is 1. The van der Waals surface area contributed by atoms with Crippen molar-refractivity contribution in [1.29, 1.82) is 0 Å². The highest BCUT2D eigenvalue weighted by Crippen LogP contribution is 2.14. The summed E-state index contributed by atoms with van der Waals surface area (Å²) in [5.41, 5.74) is 9.01. The van der Waals surface area contributed by atoms with Crippen molar-refractivity contribution in [2.45, 2.75) is 37.8 Å². The van der Waals surface area contributed by atoms with Gasteiger partial charge >= 0.3 is 0 Å². The Bertz CT molecular complexity index is 334. The topological polar surface area (TPSA) is 35.8 Å². The van der Waals surface area contributed by atoms with Gasteiger partial charge in [0.2, 0.25) is 0 Å². The first-order valence-electron chi connectivity index (χ1n) is 5.94. The highest BCUT2D eigenvalue weighted by Gasteiger charge is 2.20. The molecule has 1 radical (unpaired) electrons. The lowest BCUT2D eigenvalue weighted by molar-refractivity contribution is 0.342. The Labute approximate surface area is 96.0 Å². The number of halogens is 1. The third-order valence-electron chi connectivity index (χ3n) is 3.18. The molecule has 2 rings (SSSR count). The van der Waals surface area contributed by atoms with E-state index in [1.807, 2.05) is 6.07 Å². The minimum absolute atomic E-state index is 0.165. The van der Waals surface area contributed by atoms with E-state index in [9.17, 15) is 4.39 Å². The zero-order valence-corrected chi connectivity index (χ0v) is 9.38. The first kappa shape index (κ1) is 11.6. The number of nitrogens with one attached hydrogen (secondary N) is 2. The van der Waals surface area contributed by atoms with Crippen LogP contribution in [-0.4, -0.2) is 18.6 Å². The second kappa shape index (κ2) is 5.41. The Morgan fingerprint density at radius 1 is 1.44 bits per heavy atom. The Hall–Kier alpha value is -0.930. The molecule has 1 fully saturated rings. The molecule has 0 aliphatic carbocycles. The standard InChI is InChI=1S/C13H18FN2/c14-11-5-3-4-10(8-11)9-12(15)13-6-1-2-7-16-13/h3-5,8,12-13,15-16H,1-2,6-7,9H2. The summed E-state index contributed by atoms with van der Waals surface area (Å²) in [6.45, 7) is 1.02. The fourth-order valence-electron chi connectivity index (χ4n) is 2.28. The van der Waals surface area contributed by atoms with Gasteiger partial charge in [-0.2, -0.15) is 0 Å². The van der Waals surface area contributed by atoms with E-state index in [2.05, 4.69) is 5.32 Å². The van der Waals surface area contributed by atoms with Gasteiger partial charge in [0.05, 0.1) is 0 Å². The van der Waals surface area contributed by atoms with Gasteiger partial charge in [-0.15, -0.1) is 0 Å². The van der Waals surface area contributed by atoms with Crippen LogP contribution in [0.3, 0.4) is 0 Å². The van der Waals surface area contributed by atoms with Crippen LogP contribution in [0.25, 0.3) is 0 Å². The van der Waals surface area contributed by atoms with Crippen LogP contribution in [-0.2, 0) is 6.42 Å². The van der Waals surface area contributed by atoms with Crippen LogP contribution in [0.15, 0.2) is 24.3 Å². The summed E-state index contributed by atoms with van der Waals surface area (Å²) in [5, 5.41) is 3.37. The first-order chi connectivity index (χ1) is 7.75. The first-order valence-corrected chi connectivity index (χ1v) is 5.94. The van der Waals surface area contributed by atoms with Crippen molar-refractivity contribution in [2.75, 3.05) is 6.54 Å². The SMILES string of the molecule is [NH]C(Cc1cccc(F)c1)C1CCCCN1. The fourth-order valence-corrected chi connectivity index (χ4v) is 2.28. The van der Waals surface area contributed by atoms with Gasteiger partial charge in [-0.05, 0) is 43.5 Å². The number of benzene rings is 1. The van der Waals surface area contributed by atoms with E-state index in [1.54, 1.807) is 6.07 Å². The van der Waals surface area contributed by atoms with Crippen molar-refractivity contribution in [3.63, 3.8) is 0 Å². The molecule has 1 aliphatic heterocycles. The predicted molar refractivity (Wildman–Crippen MR) is 62.6 cm³/mol. The van der Waals surface area contributed by atoms with E-state index in [0.29, 0.717) is 6.42 Å². The summed E-state index contributed by atoms with van der Waals surface area (Å²) >= 11 is 0. The van der Waals surface area contributed by atoms with E-state index in [0.717, 1.165) is 18.5 Å². The third kappa shape index (κ3) is 3.03. The van der Waals surface area contributed by atoms with E-state index >= 15 is 0 Å². The highest BCUT2D eigenvalue weighted by molar-refractivity contribution is 5.17. The number of rotatable bonds is 3. The van der Waals surface area contributed by atoms with Gasteiger partial charge in [0.25, 0.3) is 0 Å². The Morgan fingerprint density at radius 3 is 3.00 bits per heavy atom. The molecule has 16 heavy (non-hydrogen) atoms. The summed E-state index contributed by atoms with van der Waals surface area (Å²) in [6.07, 6.45) is 4.12. The second-order valence-electron chi connectivity index (χ2n) is 4.50. The molecule has 1 aromatic rings. The van der Waals surface area contributed by atoms with Gasteiger partial charge in [0, 0.05) is 12.1 Å². The molecule has 1 aliphatic rings. The average Bonchev–Trinajstić information content (AvgIpc) is 2.30. The lowest BCUT2D eigenvalue weighted by Gasteiger charge is -2.28. The summed E-state index contributed by atoms with van der Waals surface area (Å²) in [7, 11) is 0. The molecule has 1 heterocycles. The van der Waals surface area contributed by atoms with Gasteiger partial charge in [-0.25, -0.2) is 4.39 Å². The molecule has 0 bridgehead atoms. The van der Waals surface area contributed by atoms with E-state index < -0.39 is 0 Å². The molecule has 0 aromatic heterocycles. The van der Waals surface area contributed by atoms with Crippen molar-refractivity contribution in [3.05, 3.63) is 35.6 Å². The van der Waals surface area contributed by atoms with Gasteiger partial charge in [0.15, 0.2) is 0 Å². The monoisotopic (exact) mass is 221 g/mol. The Balaban J connectivity index is 1.93. The molecule has 2 atom stereocenters. The zero-order valence-electron chi connectivity index (χ0n) is 9.38. The molecule has 2 unspecified atom stereocenters. The summed E-state index contributed by atoms with van der Waals surface area (Å²) in [4.78, 5) is 0. The molecule has 0 saturated carbocycles. The molecule has 1 aromatic carbocycles. The van der Waals surface area contributed by atoms with Crippen LogP contribution in [0.1, 0.15) is 24.8 Å². The minimum Gasteiger partial charge on any atom is -0.312 e. The zero-order chi connectivity index (χ0) is 11.4. The molecule has 1 saturated heterocycles. The molecule has 2 nitrogen and oxygen atoms in total. The maximum absolute atomic E-state index is 13.0. The normalized spacial score (nSPS) is 23.0. The van der Waals surface area contributed by atoms with Crippen molar-refractivity contribution >= 4 is 0 Å². The minimum atomic E-state index is -0.207. The van der Waals surface area contributed by atoms with Gasteiger partial charge in [-0.3, -0.25) is 5.73 Å². The van der Waals surface area contributed by atoms with Crippen LogP contribution in [0.2, 0.25) is 0 Å². The average molecular weight is 221 g/mol. The van der Waals surface area contributed by atoms with Crippen molar-refractivity contribution in [1.82, 2.24) is 11.1 Å². The molecule has 2 N–H and O–H groups in total. The van der Waals surface area contributed by atoms with Crippen LogP contribution < -0.4 is 11.1 Å². The summed E-state index contributed by atoms with van der Waals surface area (Å²) < 4.78 is 13.0. The maximum Gasteiger partial charge on any atom is 0.123 e. The molecular weight excluding hydrogens is 203 g/mol. The van der Waals surface area contributed by atoms with Gasteiger partial charge < -0.3 is 5.32 Å². The molecular formula is C13H18FN2. The van der Waals surface area contributed by atoms with E-state index in [4.69, 9.17) is 5.73 Å². The third-order valence-corrected chi connectivity index (χ3v) is 3.18. The lowest BCUT2D eigenvalue weighted by atomic mass is 9.94. The molecule has 87 valence electrons. The number of hydrogen-bond acceptors (Lipinski definition) is 1. The van der Waals surface area contributed by atoms with E-state index in [1.165, 1.54) is 25.0 Å². The highest BCUT2D eigenvalue weighted by atomic mass is 19.1. The predicted octanol–water partition coefficient (Wildman–Crippen LogP) is 2.16. The smallest absolute Gasteiger partial charge is 0.123 e. The summed E-state index contributed by atoms with van der Waals surface area (Å²) in [6, 6.07) is 6.70. The van der Waals surface area contributed by atoms with Crippen LogP contribution in [0, 0.1) is 5.82 Å². The van der Waals surface area contributed by atoms with E-state index in [-0.39, 0.29) is 17.9 Å². The van der Waals surface area contributed by atoms with Gasteiger partial charge in [0.1, 0.15) is 5.82 Å². The quantitative estimate of drug-likeness (QED) is 0.834.